The average molecular weight is 275 g/mol. The van der Waals surface area contributed by atoms with Crippen LogP contribution in [0.3, 0.4) is 0 Å². The van der Waals surface area contributed by atoms with E-state index in [-0.39, 0.29) is 5.69 Å². The van der Waals surface area contributed by atoms with Gasteiger partial charge in [0.15, 0.2) is 5.69 Å². The summed E-state index contributed by atoms with van der Waals surface area (Å²) in [5.74, 6) is -0.400. The Balaban J connectivity index is 1.93. The number of aliphatic hydroxyl groups excluding tert-OH is 1. The molecule has 2 N–H and O–H groups in total. The second-order valence-corrected chi connectivity index (χ2v) is 4.72. The van der Waals surface area contributed by atoms with Crippen LogP contribution in [0.1, 0.15) is 28.7 Å². The van der Waals surface area contributed by atoms with Gasteiger partial charge in [0.2, 0.25) is 0 Å². The van der Waals surface area contributed by atoms with Gasteiger partial charge in [-0.2, -0.15) is 0 Å². The SMILES string of the molecule is Cc1nonc1C(=O)NC(C)C(O)Cc1ccccc1. The van der Waals surface area contributed by atoms with Gasteiger partial charge in [-0.25, -0.2) is 4.63 Å². The Bertz CT molecular complexity index is 568. The molecule has 2 rings (SSSR count). The number of hydrogen-bond donors (Lipinski definition) is 2. The van der Waals surface area contributed by atoms with Crippen molar-refractivity contribution in [2.75, 3.05) is 0 Å². The van der Waals surface area contributed by atoms with Crippen molar-refractivity contribution in [1.82, 2.24) is 15.6 Å². The maximum Gasteiger partial charge on any atom is 0.275 e. The fraction of sp³-hybridized carbons (Fsp3) is 0.357. The van der Waals surface area contributed by atoms with Gasteiger partial charge in [0.1, 0.15) is 5.69 Å². The number of benzene rings is 1. The molecule has 2 unspecified atom stereocenters. The molecular weight excluding hydrogens is 258 g/mol. The molecule has 0 aliphatic heterocycles. The van der Waals surface area contributed by atoms with Gasteiger partial charge in [0.25, 0.3) is 5.91 Å². The number of rotatable bonds is 5. The molecule has 2 aromatic rings. The molecule has 6 heteroatoms. The number of amides is 1. The Morgan fingerprint density at radius 3 is 2.65 bits per heavy atom. The number of nitrogens with one attached hydrogen (secondary N) is 1. The standard InChI is InChI=1S/C14H17N3O3/c1-9(12(18)8-11-6-4-3-5-7-11)15-14(19)13-10(2)16-20-17-13/h3-7,9,12,18H,8H2,1-2H3,(H,15,19). The molecule has 0 fully saturated rings. The molecule has 0 saturated carbocycles. The number of aromatic nitrogens is 2. The first kappa shape index (κ1) is 14.2. The average Bonchev–Trinajstić information content (AvgIpc) is 2.86. The highest BCUT2D eigenvalue weighted by molar-refractivity contribution is 5.93. The third-order valence-electron chi connectivity index (χ3n) is 3.09. The van der Waals surface area contributed by atoms with Crippen LogP contribution < -0.4 is 5.32 Å². The second-order valence-electron chi connectivity index (χ2n) is 4.72. The van der Waals surface area contributed by atoms with Crippen LogP contribution in [0, 0.1) is 6.92 Å². The van der Waals surface area contributed by atoms with Crippen LogP contribution in [-0.4, -0.2) is 33.5 Å². The Kier molecular flexibility index (Phi) is 4.47. The van der Waals surface area contributed by atoms with Crippen molar-refractivity contribution in [3.05, 3.63) is 47.3 Å². The van der Waals surface area contributed by atoms with Crippen molar-refractivity contribution in [3.63, 3.8) is 0 Å². The number of hydrogen-bond acceptors (Lipinski definition) is 5. The maximum atomic E-state index is 11.9. The van der Waals surface area contributed by atoms with Gasteiger partial charge < -0.3 is 10.4 Å². The maximum absolute atomic E-state index is 11.9. The summed E-state index contributed by atoms with van der Waals surface area (Å²) in [5, 5.41) is 19.9. The minimum absolute atomic E-state index is 0.142. The number of nitrogens with zero attached hydrogens (tertiary/aromatic N) is 2. The largest absolute Gasteiger partial charge is 0.391 e. The van der Waals surface area contributed by atoms with Crippen LogP contribution in [0.25, 0.3) is 0 Å². The zero-order valence-corrected chi connectivity index (χ0v) is 11.4. The zero-order valence-electron chi connectivity index (χ0n) is 11.4. The summed E-state index contributed by atoms with van der Waals surface area (Å²) in [5.41, 5.74) is 1.58. The Morgan fingerprint density at radius 2 is 2.05 bits per heavy atom. The van der Waals surface area contributed by atoms with Crippen molar-refractivity contribution < 1.29 is 14.5 Å². The molecule has 1 aromatic heterocycles. The van der Waals surface area contributed by atoms with Gasteiger partial charge in [-0.3, -0.25) is 4.79 Å². The predicted octanol–water partition coefficient (Wildman–Crippen LogP) is 1.10. The van der Waals surface area contributed by atoms with Gasteiger partial charge in [0, 0.05) is 6.42 Å². The van der Waals surface area contributed by atoms with Crippen LogP contribution in [0.15, 0.2) is 35.0 Å². The van der Waals surface area contributed by atoms with Crippen molar-refractivity contribution in [2.24, 2.45) is 0 Å². The van der Waals surface area contributed by atoms with E-state index < -0.39 is 18.1 Å². The summed E-state index contributed by atoms with van der Waals surface area (Å²) >= 11 is 0. The summed E-state index contributed by atoms with van der Waals surface area (Å²) in [6.07, 6.45) is -0.209. The molecule has 0 aliphatic carbocycles. The van der Waals surface area contributed by atoms with Crippen LogP contribution in [0.5, 0.6) is 0 Å². The topological polar surface area (TPSA) is 88.2 Å². The quantitative estimate of drug-likeness (QED) is 0.853. The van der Waals surface area contributed by atoms with E-state index >= 15 is 0 Å². The zero-order chi connectivity index (χ0) is 14.5. The first-order valence-corrected chi connectivity index (χ1v) is 6.40. The molecule has 0 bridgehead atoms. The minimum atomic E-state index is -0.679. The molecule has 0 spiro atoms. The fourth-order valence-corrected chi connectivity index (χ4v) is 1.84. The third kappa shape index (κ3) is 3.42. The Morgan fingerprint density at radius 1 is 1.35 bits per heavy atom. The molecule has 0 saturated heterocycles. The van der Waals surface area contributed by atoms with Crippen molar-refractivity contribution in [2.45, 2.75) is 32.4 Å². The molecule has 0 radical (unpaired) electrons. The highest BCUT2D eigenvalue weighted by Gasteiger charge is 2.21. The lowest BCUT2D eigenvalue weighted by atomic mass is 10.0. The van der Waals surface area contributed by atoms with Crippen LogP contribution in [-0.2, 0) is 6.42 Å². The summed E-state index contributed by atoms with van der Waals surface area (Å²) in [7, 11) is 0. The lowest BCUT2D eigenvalue weighted by Crippen LogP contribution is -2.42. The predicted molar refractivity (Wildman–Crippen MR) is 72.1 cm³/mol. The van der Waals surface area contributed by atoms with Gasteiger partial charge in [-0.1, -0.05) is 35.5 Å². The van der Waals surface area contributed by atoms with E-state index in [4.69, 9.17) is 0 Å². The molecule has 2 atom stereocenters. The Labute approximate surface area is 116 Å². The normalized spacial score (nSPS) is 13.8. The third-order valence-corrected chi connectivity index (χ3v) is 3.09. The summed E-state index contributed by atoms with van der Waals surface area (Å²) in [6, 6.07) is 9.21. The van der Waals surface area contributed by atoms with Crippen LogP contribution in [0.2, 0.25) is 0 Å². The van der Waals surface area contributed by atoms with Gasteiger partial charge in [-0.05, 0) is 24.6 Å². The van der Waals surface area contributed by atoms with E-state index in [1.54, 1.807) is 13.8 Å². The molecule has 1 aromatic carbocycles. The molecule has 1 amide bonds. The lowest BCUT2D eigenvalue weighted by molar-refractivity contribution is 0.0842. The molecule has 6 nitrogen and oxygen atoms in total. The number of carbonyl (C=O) groups is 1. The fourth-order valence-electron chi connectivity index (χ4n) is 1.84. The highest BCUT2D eigenvalue weighted by Crippen LogP contribution is 2.07. The van der Waals surface area contributed by atoms with E-state index in [0.29, 0.717) is 12.1 Å². The van der Waals surface area contributed by atoms with Crippen molar-refractivity contribution in [3.8, 4) is 0 Å². The van der Waals surface area contributed by atoms with E-state index in [0.717, 1.165) is 5.56 Å². The number of carbonyl (C=O) groups excluding carboxylic acids is 1. The molecular formula is C14H17N3O3. The molecule has 20 heavy (non-hydrogen) atoms. The second kappa shape index (κ2) is 6.29. The first-order valence-electron chi connectivity index (χ1n) is 6.40. The highest BCUT2D eigenvalue weighted by atomic mass is 16.6. The van der Waals surface area contributed by atoms with Crippen molar-refractivity contribution in [1.29, 1.82) is 0 Å². The summed E-state index contributed by atoms with van der Waals surface area (Å²) in [6.45, 7) is 3.38. The van der Waals surface area contributed by atoms with E-state index in [1.807, 2.05) is 30.3 Å². The molecule has 1 heterocycles. The lowest BCUT2D eigenvalue weighted by Gasteiger charge is -2.19. The summed E-state index contributed by atoms with van der Waals surface area (Å²) in [4.78, 5) is 11.9. The monoisotopic (exact) mass is 275 g/mol. The smallest absolute Gasteiger partial charge is 0.275 e. The van der Waals surface area contributed by atoms with Crippen LogP contribution in [0.4, 0.5) is 0 Å². The molecule has 106 valence electrons. The number of aliphatic hydroxyl groups is 1. The Hall–Kier alpha value is -2.21. The summed E-state index contributed by atoms with van der Waals surface area (Å²) < 4.78 is 4.48. The van der Waals surface area contributed by atoms with Gasteiger partial charge in [-0.15, -0.1) is 0 Å². The van der Waals surface area contributed by atoms with E-state index in [2.05, 4.69) is 20.3 Å². The van der Waals surface area contributed by atoms with Crippen LogP contribution >= 0.6 is 0 Å². The molecule has 0 aliphatic rings. The minimum Gasteiger partial charge on any atom is -0.391 e. The van der Waals surface area contributed by atoms with E-state index in [1.165, 1.54) is 0 Å². The number of aryl methyl sites for hydroxylation is 1. The van der Waals surface area contributed by atoms with Crippen molar-refractivity contribution >= 4 is 5.91 Å². The van der Waals surface area contributed by atoms with E-state index in [9.17, 15) is 9.90 Å². The first-order chi connectivity index (χ1) is 9.58. The van der Waals surface area contributed by atoms with Gasteiger partial charge in [0.05, 0.1) is 12.1 Å². The van der Waals surface area contributed by atoms with Gasteiger partial charge >= 0.3 is 0 Å².